The Morgan fingerprint density at radius 3 is 2.53 bits per heavy atom. The molecule has 1 aromatic carbocycles. The van der Waals surface area contributed by atoms with Gasteiger partial charge in [-0.15, -0.1) is 0 Å². The number of thiol groups is 1. The number of aryl methyl sites for hydroxylation is 1. The highest BCUT2D eigenvalue weighted by Crippen LogP contribution is 2.24. The lowest BCUT2D eigenvalue weighted by atomic mass is 10.0. The van der Waals surface area contributed by atoms with Gasteiger partial charge in [-0.05, 0) is 30.2 Å². The quantitative estimate of drug-likeness (QED) is 0.681. The molecule has 0 saturated carbocycles. The fraction of sp³-hybridized carbons (Fsp3) is 0.455. The largest absolute Gasteiger partial charge is 0.496 e. The lowest BCUT2D eigenvalue weighted by Crippen LogP contribution is -2.19. The van der Waals surface area contributed by atoms with Crippen LogP contribution in [0.25, 0.3) is 0 Å². The Balaban J connectivity index is 2.92. The molecular formula is C11H16O3S. The van der Waals surface area contributed by atoms with E-state index < -0.39 is 12.2 Å². The summed E-state index contributed by atoms with van der Waals surface area (Å²) in [4.78, 5) is 0. The molecule has 0 spiro atoms. The van der Waals surface area contributed by atoms with Crippen LogP contribution in [0.5, 0.6) is 5.75 Å². The molecular weight excluding hydrogens is 212 g/mol. The van der Waals surface area contributed by atoms with Crippen molar-refractivity contribution in [3.05, 3.63) is 29.3 Å². The Bertz CT molecular complexity index is 328. The molecule has 0 amide bonds. The highest BCUT2D eigenvalue weighted by Gasteiger charge is 2.17. The van der Waals surface area contributed by atoms with Crippen molar-refractivity contribution >= 4 is 12.6 Å². The van der Waals surface area contributed by atoms with Gasteiger partial charge in [-0.3, -0.25) is 0 Å². The van der Waals surface area contributed by atoms with Crippen LogP contribution in [0, 0.1) is 6.92 Å². The average Bonchev–Trinajstić information content (AvgIpc) is 2.26. The van der Waals surface area contributed by atoms with E-state index >= 15 is 0 Å². The number of ether oxygens (including phenoxy) is 1. The summed E-state index contributed by atoms with van der Waals surface area (Å²) in [5, 5.41) is 19.2. The van der Waals surface area contributed by atoms with Crippen LogP contribution in [0.4, 0.5) is 0 Å². The molecule has 15 heavy (non-hydrogen) atoms. The topological polar surface area (TPSA) is 49.7 Å². The third-order valence-corrected chi connectivity index (χ3v) is 2.69. The minimum Gasteiger partial charge on any atom is -0.496 e. The summed E-state index contributed by atoms with van der Waals surface area (Å²) in [6, 6.07) is 5.32. The average molecular weight is 228 g/mol. The number of rotatable bonds is 4. The van der Waals surface area contributed by atoms with Gasteiger partial charge < -0.3 is 14.9 Å². The van der Waals surface area contributed by atoms with E-state index in [0.29, 0.717) is 5.56 Å². The molecule has 0 saturated heterocycles. The third-order valence-electron chi connectivity index (χ3n) is 2.31. The number of hydrogen-bond donors (Lipinski definition) is 3. The van der Waals surface area contributed by atoms with Crippen LogP contribution in [0.15, 0.2) is 18.2 Å². The zero-order valence-corrected chi connectivity index (χ0v) is 9.74. The maximum Gasteiger partial charge on any atom is 0.121 e. The van der Waals surface area contributed by atoms with E-state index in [9.17, 15) is 10.2 Å². The minimum atomic E-state index is -0.896. The molecule has 0 bridgehead atoms. The zero-order chi connectivity index (χ0) is 11.4. The second-order valence-electron chi connectivity index (χ2n) is 3.42. The van der Waals surface area contributed by atoms with Gasteiger partial charge in [-0.1, -0.05) is 6.07 Å². The van der Waals surface area contributed by atoms with Crippen LogP contribution < -0.4 is 4.74 Å². The van der Waals surface area contributed by atoms with Gasteiger partial charge in [0.1, 0.15) is 11.9 Å². The monoisotopic (exact) mass is 228 g/mol. The molecule has 2 N–H and O–H groups in total. The summed E-state index contributed by atoms with van der Waals surface area (Å²) in [7, 11) is 1.60. The third kappa shape index (κ3) is 2.87. The van der Waals surface area contributed by atoms with Crippen molar-refractivity contribution in [2.24, 2.45) is 0 Å². The molecule has 4 heteroatoms. The number of methoxy groups -OCH3 is 1. The Morgan fingerprint density at radius 2 is 2.07 bits per heavy atom. The highest BCUT2D eigenvalue weighted by molar-refractivity contribution is 7.80. The molecule has 0 aliphatic rings. The molecule has 3 nitrogen and oxygen atoms in total. The second kappa shape index (κ2) is 5.39. The van der Waals surface area contributed by atoms with E-state index in [4.69, 9.17) is 4.74 Å². The van der Waals surface area contributed by atoms with Crippen LogP contribution in [0.2, 0.25) is 0 Å². The predicted molar refractivity (Wildman–Crippen MR) is 62.6 cm³/mol. The summed E-state index contributed by atoms with van der Waals surface area (Å²) in [5.74, 6) is 0.998. The van der Waals surface area contributed by atoms with E-state index in [1.807, 2.05) is 6.92 Å². The van der Waals surface area contributed by atoms with Gasteiger partial charge in [0.05, 0.1) is 13.2 Å². The highest BCUT2D eigenvalue weighted by atomic mass is 32.1. The number of benzene rings is 1. The molecule has 0 aliphatic carbocycles. The van der Waals surface area contributed by atoms with Gasteiger partial charge in [0, 0.05) is 5.75 Å². The summed E-state index contributed by atoms with van der Waals surface area (Å²) < 4.78 is 5.11. The Kier molecular flexibility index (Phi) is 4.45. The molecule has 0 radical (unpaired) electrons. The van der Waals surface area contributed by atoms with Crippen LogP contribution in [-0.4, -0.2) is 29.2 Å². The van der Waals surface area contributed by atoms with E-state index in [-0.39, 0.29) is 5.75 Å². The molecule has 84 valence electrons. The SMILES string of the molecule is COc1ccc(C(O)C(O)CS)cc1C. The maximum absolute atomic E-state index is 9.74. The molecule has 0 heterocycles. The van der Waals surface area contributed by atoms with E-state index in [1.54, 1.807) is 25.3 Å². The normalized spacial score (nSPS) is 14.7. The molecule has 1 rings (SSSR count). The predicted octanol–water partition coefficient (Wildman–Crippen LogP) is 1.33. The fourth-order valence-electron chi connectivity index (χ4n) is 1.41. The van der Waals surface area contributed by atoms with Gasteiger partial charge in [-0.25, -0.2) is 0 Å². The van der Waals surface area contributed by atoms with Gasteiger partial charge in [0.25, 0.3) is 0 Å². The first-order valence-electron chi connectivity index (χ1n) is 4.71. The van der Waals surface area contributed by atoms with E-state index in [0.717, 1.165) is 11.3 Å². The van der Waals surface area contributed by atoms with Gasteiger partial charge in [0.15, 0.2) is 0 Å². The summed E-state index contributed by atoms with van der Waals surface area (Å²) in [5.41, 5.74) is 1.61. The van der Waals surface area contributed by atoms with Crippen LogP contribution in [0.3, 0.4) is 0 Å². The number of hydrogen-bond acceptors (Lipinski definition) is 4. The van der Waals surface area contributed by atoms with Crippen molar-refractivity contribution in [3.63, 3.8) is 0 Å². The van der Waals surface area contributed by atoms with Crippen molar-refractivity contribution in [1.29, 1.82) is 0 Å². The van der Waals surface area contributed by atoms with Crippen molar-refractivity contribution in [1.82, 2.24) is 0 Å². The summed E-state index contributed by atoms with van der Waals surface area (Å²) in [6.45, 7) is 1.89. The van der Waals surface area contributed by atoms with Crippen molar-refractivity contribution in [2.45, 2.75) is 19.1 Å². The molecule has 0 aromatic heterocycles. The van der Waals surface area contributed by atoms with Crippen LogP contribution >= 0.6 is 12.6 Å². The van der Waals surface area contributed by atoms with Crippen molar-refractivity contribution in [2.75, 3.05) is 12.9 Å². The second-order valence-corrected chi connectivity index (χ2v) is 3.79. The fourth-order valence-corrected chi connectivity index (χ4v) is 1.61. The maximum atomic E-state index is 9.74. The molecule has 0 aliphatic heterocycles. The Hall–Kier alpha value is -0.710. The number of aliphatic hydroxyl groups excluding tert-OH is 2. The Morgan fingerprint density at radius 1 is 1.40 bits per heavy atom. The summed E-state index contributed by atoms with van der Waals surface area (Å²) in [6.07, 6.45) is -1.74. The van der Waals surface area contributed by atoms with Gasteiger partial charge in [0.2, 0.25) is 0 Å². The zero-order valence-electron chi connectivity index (χ0n) is 8.84. The first-order chi connectivity index (χ1) is 7.10. The molecule has 2 unspecified atom stereocenters. The standard InChI is InChI=1S/C11H16O3S/c1-7-5-8(3-4-10(7)14-2)11(13)9(12)6-15/h3-5,9,11-13,15H,6H2,1-2H3. The lowest BCUT2D eigenvalue weighted by Gasteiger charge is -2.17. The first kappa shape index (κ1) is 12.4. The minimum absolute atomic E-state index is 0.228. The van der Waals surface area contributed by atoms with Crippen LogP contribution in [-0.2, 0) is 0 Å². The van der Waals surface area contributed by atoms with E-state index in [1.165, 1.54) is 0 Å². The van der Waals surface area contributed by atoms with Gasteiger partial charge >= 0.3 is 0 Å². The summed E-state index contributed by atoms with van der Waals surface area (Å²) >= 11 is 3.93. The first-order valence-corrected chi connectivity index (χ1v) is 5.35. The van der Waals surface area contributed by atoms with Gasteiger partial charge in [-0.2, -0.15) is 12.6 Å². The number of aliphatic hydroxyl groups is 2. The Labute approximate surface area is 95.1 Å². The lowest BCUT2D eigenvalue weighted by molar-refractivity contribution is 0.0337. The van der Waals surface area contributed by atoms with Crippen LogP contribution in [0.1, 0.15) is 17.2 Å². The smallest absolute Gasteiger partial charge is 0.121 e. The molecule has 0 fully saturated rings. The van der Waals surface area contributed by atoms with E-state index in [2.05, 4.69) is 12.6 Å². The van der Waals surface area contributed by atoms with Crippen molar-refractivity contribution < 1.29 is 14.9 Å². The molecule has 2 atom stereocenters. The van der Waals surface area contributed by atoms with Crippen molar-refractivity contribution in [3.8, 4) is 5.75 Å². The molecule has 1 aromatic rings.